The van der Waals surface area contributed by atoms with Crippen molar-refractivity contribution < 1.29 is 39.3 Å². The van der Waals surface area contributed by atoms with Crippen molar-refractivity contribution in [3.05, 3.63) is 29.8 Å². The summed E-state index contributed by atoms with van der Waals surface area (Å²) in [6.07, 6.45) is 1.28. The third kappa shape index (κ3) is 10.1. The zero-order valence-electron chi connectivity index (χ0n) is 18.8. The van der Waals surface area contributed by atoms with E-state index in [0.29, 0.717) is 11.3 Å². The van der Waals surface area contributed by atoms with Crippen molar-refractivity contribution in [3.8, 4) is 5.75 Å². The fraction of sp³-hybridized carbons (Fsp3) is 0.476. The molecule has 0 spiro atoms. The number of hydrogen-bond acceptors (Lipinski definition) is 8. The standard InChI is InChI=1S/C21H30N4O8S/c1-11(18(29)24-15(21(32)33)7-8-34-2)23-20(31)16(10-17(27)28)25-19(30)14(22)9-12-3-5-13(26)6-4-12/h3-6,11,14-16,26H,7-10,22H2,1-2H3,(H,23,31)(H,24,29)(H,25,30)(H,27,28)(H,32,33). The molecular formula is C21H30N4O8S. The summed E-state index contributed by atoms with van der Waals surface area (Å²) in [5.41, 5.74) is 6.50. The highest BCUT2D eigenvalue weighted by atomic mass is 32.2. The molecule has 0 saturated carbocycles. The Morgan fingerprint density at radius 2 is 1.53 bits per heavy atom. The van der Waals surface area contributed by atoms with Gasteiger partial charge in [-0.1, -0.05) is 12.1 Å². The number of rotatable bonds is 14. The van der Waals surface area contributed by atoms with Gasteiger partial charge in [-0.15, -0.1) is 0 Å². The zero-order valence-corrected chi connectivity index (χ0v) is 19.6. The van der Waals surface area contributed by atoms with Crippen molar-refractivity contribution >= 4 is 41.4 Å². The number of aliphatic carboxylic acids is 2. The van der Waals surface area contributed by atoms with Crippen LogP contribution in [0.1, 0.15) is 25.3 Å². The number of hydrogen-bond donors (Lipinski definition) is 7. The molecule has 1 rings (SSSR count). The summed E-state index contributed by atoms with van der Waals surface area (Å²) < 4.78 is 0. The molecule has 8 N–H and O–H groups in total. The van der Waals surface area contributed by atoms with Gasteiger partial charge in [-0.05, 0) is 49.5 Å². The minimum Gasteiger partial charge on any atom is -0.508 e. The van der Waals surface area contributed by atoms with Gasteiger partial charge in [-0.25, -0.2) is 4.79 Å². The van der Waals surface area contributed by atoms with Crippen molar-refractivity contribution in [2.45, 2.75) is 50.4 Å². The molecule has 0 aliphatic carbocycles. The van der Waals surface area contributed by atoms with Gasteiger partial charge in [-0.2, -0.15) is 11.8 Å². The minimum absolute atomic E-state index is 0.0389. The number of carboxylic acids is 2. The largest absolute Gasteiger partial charge is 0.508 e. The van der Waals surface area contributed by atoms with Gasteiger partial charge in [0.2, 0.25) is 17.7 Å². The van der Waals surface area contributed by atoms with Gasteiger partial charge in [0.05, 0.1) is 12.5 Å². The number of thioether (sulfide) groups is 1. The van der Waals surface area contributed by atoms with Crippen molar-refractivity contribution in [3.63, 3.8) is 0 Å². The number of phenols is 1. The molecule has 4 unspecified atom stereocenters. The Bertz CT molecular complexity index is 880. The van der Waals surface area contributed by atoms with E-state index in [-0.39, 0.29) is 18.6 Å². The van der Waals surface area contributed by atoms with Crippen LogP contribution in [0.5, 0.6) is 5.75 Å². The minimum atomic E-state index is -1.52. The lowest BCUT2D eigenvalue weighted by Crippen LogP contribution is -2.57. The van der Waals surface area contributed by atoms with Crippen molar-refractivity contribution in [1.82, 2.24) is 16.0 Å². The highest BCUT2D eigenvalue weighted by molar-refractivity contribution is 7.98. The van der Waals surface area contributed by atoms with Crippen molar-refractivity contribution in [1.29, 1.82) is 0 Å². The molecule has 188 valence electrons. The van der Waals surface area contributed by atoms with Crippen LogP contribution in [0.15, 0.2) is 24.3 Å². The lowest BCUT2D eigenvalue weighted by molar-refractivity contribution is -0.143. The van der Waals surface area contributed by atoms with E-state index in [4.69, 9.17) is 10.8 Å². The van der Waals surface area contributed by atoms with Gasteiger partial charge < -0.3 is 37.0 Å². The fourth-order valence-corrected chi connectivity index (χ4v) is 3.28. The number of carbonyl (C=O) groups excluding carboxylic acids is 3. The number of nitrogens with two attached hydrogens (primary N) is 1. The normalized spacial score (nSPS) is 14.2. The maximum absolute atomic E-state index is 12.6. The van der Waals surface area contributed by atoms with Gasteiger partial charge in [0.1, 0.15) is 23.9 Å². The first-order valence-corrected chi connectivity index (χ1v) is 11.7. The van der Waals surface area contributed by atoms with Gasteiger partial charge in [0, 0.05) is 0 Å². The summed E-state index contributed by atoms with van der Waals surface area (Å²) in [6.45, 7) is 1.30. The molecule has 0 bridgehead atoms. The number of aromatic hydroxyl groups is 1. The van der Waals surface area contributed by atoms with Crippen LogP contribution in [0.25, 0.3) is 0 Å². The molecule has 0 aromatic heterocycles. The summed E-state index contributed by atoms with van der Waals surface area (Å²) in [4.78, 5) is 59.8. The molecule has 1 aromatic rings. The molecule has 0 aliphatic heterocycles. The second-order valence-corrected chi connectivity index (χ2v) is 8.53. The zero-order chi connectivity index (χ0) is 25.8. The van der Waals surface area contributed by atoms with Gasteiger partial charge in [0.15, 0.2) is 0 Å². The predicted octanol–water partition coefficient (Wildman–Crippen LogP) is -0.951. The summed E-state index contributed by atoms with van der Waals surface area (Å²) >= 11 is 1.41. The average Bonchev–Trinajstić information content (AvgIpc) is 2.76. The van der Waals surface area contributed by atoms with Crippen LogP contribution in [-0.4, -0.2) is 81.2 Å². The Morgan fingerprint density at radius 1 is 0.941 bits per heavy atom. The summed E-state index contributed by atoms with van der Waals surface area (Å²) in [6, 6.07) is 1.00. The second-order valence-electron chi connectivity index (χ2n) is 7.55. The Labute approximate surface area is 200 Å². The molecule has 12 nitrogen and oxygen atoms in total. The molecule has 13 heteroatoms. The van der Waals surface area contributed by atoms with Crippen LogP contribution in [-0.2, 0) is 30.4 Å². The first-order valence-electron chi connectivity index (χ1n) is 10.3. The van der Waals surface area contributed by atoms with E-state index in [1.54, 1.807) is 18.4 Å². The van der Waals surface area contributed by atoms with E-state index in [0.717, 1.165) is 0 Å². The van der Waals surface area contributed by atoms with Crippen LogP contribution < -0.4 is 21.7 Å². The first-order chi connectivity index (χ1) is 15.9. The highest BCUT2D eigenvalue weighted by Gasteiger charge is 2.29. The van der Waals surface area contributed by atoms with Crippen LogP contribution in [0.2, 0.25) is 0 Å². The van der Waals surface area contributed by atoms with E-state index in [2.05, 4.69) is 16.0 Å². The Hall–Kier alpha value is -3.32. The molecule has 34 heavy (non-hydrogen) atoms. The van der Waals surface area contributed by atoms with Crippen LogP contribution in [0.3, 0.4) is 0 Å². The summed E-state index contributed by atoms with van der Waals surface area (Å²) in [5, 5.41) is 34.5. The van der Waals surface area contributed by atoms with Gasteiger partial charge >= 0.3 is 11.9 Å². The summed E-state index contributed by atoms with van der Waals surface area (Å²) in [7, 11) is 0. The van der Waals surface area contributed by atoms with Gasteiger partial charge in [-0.3, -0.25) is 19.2 Å². The van der Waals surface area contributed by atoms with E-state index in [1.165, 1.54) is 30.8 Å². The smallest absolute Gasteiger partial charge is 0.326 e. The van der Waals surface area contributed by atoms with E-state index < -0.39 is 60.2 Å². The molecule has 0 heterocycles. The Morgan fingerprint density at radius 3 is 2.06 bits per heavy atom. The van der Waals surface area contributed by atoms with Crippen LogP contribution in [0.4, 0.5) is 0 Å². The topological polar surface area (TPSA) is 208 Å². The van der Waals surface area contributed by atoms with E-state index >= 15 is 0 Å². The van der Waals surface area contributed by atoms with Crippen LogP contribution >= 0.6 is 11.8 Å². The quantitative estimate of drug-likeness (QED) is 0.167. The lowest BCUT2D eigenvalue weighted by atomic mass is 10.0. The third-order valence-corrected chi connectivity index (χ3v) is 5.36. The second kappa shape index (κ2) is 14.1. The van der Waals surface area contributed by atoms with E-state index in [1.807, 2.05) is 0 Å². The number of benzene rings is 1. The number of amides is 3. The van der Waals surface area contributed by atoms with Gasteiger partial charge in [0.25, 0.3) is 0 Å². The van der Waals surface area contributed by atoms with Crippen molar-refractivity contribution in [2.75, 3.05) is 12.0 Å². The molecule has 4 atom stereocenters. The molecule has 0 fully saturated rings. The lowest BCUT2D eigenvalue weighted by Gasteiger charge is -2.22. The average molecular weight is 499 g/mol. The highest BCUT2D eigenvalue weighted by Crippen LogP contribution is 2.11. The van der Waals surface area contributed by atoms with Crippen LogP contribution in [0, 0.1) is 0 Å². The molecule has 1 aromatic carbocycles. The maximum atomic E-state index is 12.6. The Kier molecular flexibility index (Phi) is 11.9. The van der Waals surface area contributed by atoms with E-state index in [9.17, 15) is 34.2 Å². The molecular weight excluding hydrogens is 468 g/mol. The Balaban J connectivity index is 2.76. The number of phenolic OH excluding ortho intramolecular Hbond substituents is 1. The fourth-order valence-electron chi connectivity index (χ4n) is 2.81. The summed E-state index contributed by atoms with van der Waals surface area (Å²) in [5.74, 6) is -4.55. The predicted molar refractivity (Wildman–Crippen MR) is 124 cm³/mol. The number of nitrogens with one attached hydrogen (secondary N) is 3. The first kappa shape index (κ1) is 28.7. The number of carboxylic acid groups (broad SMARTS) is 2. The maximum Gasteiger partial charge on any atom is 0.326 e. The molecule has 3 amide bonds. The molecule has 0 saturated heterocycles. The SMILES string of the molecule is CSCCC(NC(=O)C(C)NC(=O)C(CC(=O)O)NC(=O)C(N)Cc1ccc(O)cc1)C(=O)O. The molecule has 0 aliphatic rings. The number of carbonyl (C=O) groups is 5. The van der Waals surface area contributed by atoms with Crippen molar-refractivity contribution in [2.24, 2.45) is 5.73 Å². The third-order valence-electron chi connectivity index (χ3n) is 4.72. The monoisotopic (exact) mass is 498 g/mol. The molecule has 0 radical (unpaired) electrons.